The predicted molar refractivity (Wildman–Crippen MR) is 56.2 cm³/mol. The fraction of sp³-hybridized carbons (Fsp3) is 0.875. The van der Waals surface area contributed by atoms with Crippen LogP contribution in [0.5, 0.6) is 0 Å². The monoisotopic (exact) mass is 192 g/mol. The lowest BCUT2D eigenvalue weighted by atomic mass is 10.3. The molecule has 0 saturated carbocycles. The van der Waals surface area contributed by atoms with Gasteiger partial charge in [-0.1, -0.05) is 33.0 Å². The zero-order chi connectivity index (χ0) is 9.07. The Morgan fingerprint density at radius 1 is 1.55 bits per heavy atom. The third-order valence-electron chi connectivity index (χ3n) is 0.882. The first-order valence-corrected chi connectivity index (χ1v) is 4.93. The maximum Gasteiger partial charge on any atom is 0.0565 e. The van der Waals surface area contributed by atoms with Crippen LogP contribution in [0.3, 0.4) is 0 Å². The molecule has 0 aliphatic rings. The van der Waals surface area contributed by atoms with Gasteiger partial charge in [0.2, 0.25) is 0 Å². The van der Waals surface area contributed by atoms with E-state index in [1.165, 1.54) is 0 Å². The number of hydrogen-bond donors (Lipinski definition) is 1. The van der Waals surface area contributed by atoms with Crippen molar-refractivity contribution >= 4 is 28.2 Å². The summed E-state index contributed by atoms with van der Waals surface area (Å²) in [6.07, 6.45) is 0.314. The van der Waals surface area contributed by atoms with E-state index in [0.29, 0.717) is 6.42 Å². The van der Waals surface area contributed by atoms with E-state index in [1.54, 1.807) is 18.7 Å². The third kappa shape index (κ3) is 8.30. The van der Waals surface area contributed by atoms with Gasteiger partial charge in [-0.2, -0.15) is 0 Å². The molecule has 1 atom stereocenters. The SMILES string of the molecule is CC(O)CC(=S)SC(C)(C)C. The zero-order valence-corrected chi connectivity index (χ0v) is 9.18. The molecule has 11 heavy (non-hydrogen) atoms. The Morgan fingerprint density at radius 2 is 2.00 bits per heavy atom. The van der Waals surface area contributed by atoms with Crippen molar-refractivity contribution in [1.82, 2.24) is 0 Å². The second kappa shape index (κ2) is 4.43. The Morgan fingerprint density at radius 3 is 2.27 bits per heavy atom. The summed E-state index contributed by atoms with van der Waals surface area (Å²) in [7, 11) is 0. The van der Waals surface area contributed by atoms with Crippen LogP contribution in [0.15, 0.2) is 0 Å². The lowest BCUT2D eigenvalue weighted by Crippen LogP contribution is -2.13. The molecule has 0 fully saturated rings. The molecule has 0 rings (SSSR count). The van der Waals surface area contributed by atoms with Crippen LogP contribution >= 0.6 is 24.0 Å². The molecule has 0 aromatic carbocycles. The van der Waals surface area contributed by atoms with Crippen LogP contribution < -0.4 is 0 Å². The summed E-state index contributed by atoms with van der Waals surface area (Å²) in [6.45, 7) is 8.11. The van der Waals surface area contributed by atoms with Crippen molar-refractivity contribution < 1.29 is 5.11 Å². The Labute approximate surface area is 78.6 Å². The largest absolute Gasteiger partial charge is 0.393 e. The topological polar surface area (TPSA) is 20.2 Å². The molecule has 0 bridgehead atoms. The summed E-state index contributed by atoms with van der Waals surface area (Å²) in [5, 5.41) is 9.02. The van der Waals surface area contributed by atoms with Crippen molar-refractivity contribution in [2.24, 2.45) is 0 Å². The van der Waals surface area contributed by atoms with E-state index >= 15 is 0 Å². The first-order valence-electron chi connectivity index (χ1n) is 3.71. The summed E-state index contributed by atoms with van der Waals surface area (Å²) < 4.78 is 1.07. The number of hydrogen-bond acceptors (Lipinski definition) is 3. The van der Waals surface area contributed by atoms with Gasteiger partial charge < -0.3 is 5.11 Å². The summed E-state index contributed by atoms with van der Waals surface area (Å²) in [5.74, 6) is 0. The van der Waals surface area contributed by atoms with Crippen molar-refractivity contribution in [2.75, 3.05) is 0 Å². The van der Waals surface area contributed by atoms with E-state index in [-0.39, 0.29) is 10.9 Å². The van der Waals surface area contributed by atoms with Gasteiger partial charge in [0.05, 0.1) is 10.3 Å². The maximum absolute atomic E-state index is 9.02. The minimum absolute atomic E-state index is 0.173. The second-order valence-electron chi connectivity index (χ2n) is 3.64. The summed E-state index contributed by atoms with van der Waals surface area (Å²) in [4.78, 5) is 0. The lowest BCUT2D eigenvalue weighted by Gasteiger charge is -2.18. The van der Waals surface area contributed by atoms with Gasteiger partial charge >= 0.3 is 0 Å². The van der Waals surface area contributed by atoms with Gasteiger partial charge in [-0.25, -0.2) is 0 Å². The molecule has 1 N–H and O–H groups in total. The average molecular weight is 192 g/mol. The molecular formula is C8H16OS2. The smallest absolute Gasteiger partial charge is 0.0565 e. The van der Waals surface area contributed by atoms with Crippen LogP contribution in [0.2, 0.25) is 0 Å². The van der Waals surface area contributed by atoms with E-state index < -0.39 is 0 Å². The van der Waals surface area contributed by atoms with Gasteiger partial charge in [0.1, 0.15) is 0 Å². The van der Waals surface area contributed by atoms with Gasteiger partial charge in [0, 0.05) is 11.2 Å². The minimum Gasteiger partial charge on any atom is -0.393 e. The summed E-state index contributed by atoms with van der Waals surface area (Å²) in [6, 6.07) is 0. The molecule has 1 nitrogen and oxygen atoms in total. The van der Waals surface area contributed by atoms with Crippen molar-refractivity contribution in [3.05, 3.63) is 0 Å². The number of aliphatic hydroxyl groups is 1. The molecule has 0 aromatic heterocycles. The van der Waals surface area contributed by atoms with Crippen LogP contribution in [-0.4, -0.2) is 20.2 Å². The van der Waals surface area contributed by atoms with Gasteiger partial charge in [-0.3, -0.25) is 0 Å². The molecule has 1 unspecified atom stereocenters. The van der Waals surface area contributed by atoms with E-state index in [2.05, 4.69) is 20.8 Å². The number of thioether (sulfide) groups is 1. The van der Waals surface area contributed by atoms with Gasteiger partial charge in [-0.15, -0.1) is 11.8 Å². The number of thiocarbonyl (C=S) groups is 1. The standard InChI is InChI=1S/C8H16OS2/c1-6(9)5-7(10)11-8(2,3)4/h6,9H,5H2,1-4H3. The van der Waals surface area contributed by atoms with Crippen LogP contribution in [0, 0.1) is 0 Å². The Hall–Kier alpha value is 0.400. The van der Waals surface area contributed by atoms with Crippen molar-refractivity contribution in [3.8, 4) is 0 Å². The highest BCUT2D eigenvalue weighted by molar-refractivity contribution is 8.23. The Kier molecular flexibility index (Phi) is 4.59. The van der Waals surface area contributed by atoms with Crippen LogP contribution in [-0.2, 0) is 0 Å². The molecule has 3 heteroatoms. The average Bonchev–Trinajstić information content (AvgIpc) is 1.53. The Bertz CT molecular complexity index is 136. The van der Waals surface area contributed by atoms with E-state index in [1.807, 2.05) is 0 Å². The fourth-order valence-corrected chi connectivity index (χ4v) is 2.62. The molecule has 0 aliphatic heterocycles. The molecule has 0 heterocycles. The third-order valence-corrected chi connectivity index (χ3v) is 2.31. The van der Waals surface area contributed by atoms with E-state index in [0.717, 1.165) is 4.20 Å². The lowest BCUT2D eigenvalue weighted by molar-refractivity contribution is 0.204. The normalized spacial score (nSPS) is 14.6. The highest BCUT2D eigenvalue weighted by atomic mass is 32.2. The number of aliphatic hydroxyl groups excluding tert-OH is 1. The van der Waals surface area contributed by atoms with Crippen LogP contribution in [0.4, 0.5) is 0 Å². The molecule has 0 radical (unpaired) electrons. The molecule has 0 saturated heterocycles. The molecule has 0 amide bonds. The summed E-state index contributed by atoms with van der Waals surface area (Å²) in [5.41, 5.74) is 0. The van der Waals surface area contributed by atoms with E-state index in [9.17, 15) is 0 Å². The fourth-order valence-electron chi connectivity index (χ4n) is 0.624. The highest BCUT2D eigenvalue weighted by Crippen LogP contribution is 2.26. The van der Waals surface area contributed by atoms with Crippen molar-refractivity contribution in [1.29, 1.82) is 0 Å². The van der Waals surface area contributed by atoms with Gasteiger partial charge in [-0.05, 0) is 6.92 Å². The first kappa shape index (κ1) is 11.4. The Balaban J connectivity index is 3.71. The second-order valence-corrected chi connectivity index (χ2v) is 6.31. The summed E-state index contributed by atoms with van der Waals surface area (Å²) >= 11 is 6.74. The molecule has 0 aromatic rings. The molecule has 0 aliphatic carbocycles. The minimum atomic E-state index is -0.308. The molecule has 66 valence electrons. The molecular weight excluding hydrogens is 176 g/mol. The highest BCUT2D eigenvalue weighted by Gasteiger charge is 2.14. The quantitative estimate of drug-likeness (QED) is 0.679. The van der Waals surface area contributed by atoms with Crippen LogP contribution in [0.25, 0.3) is 0 Å². The van der Waals surface area contributed by atoms with Crippen molar-refractivity contribution in [2.45, 2.75) is 45.0 Å². The maximum atomic E-state index is 9.02. The molecule has 0 spiro atoms. The van der Waals surface area contributed by atoms with Crippen molar-refractivity contribution in [3.63, 3.8) is 0 Å². The zero-order valence-electron chi connectivity index (χ0n) is 7.55. The van der Waals surface area contributed by atoms with Gasteiger partial charge in [0.25, 0.3) is 0 Å². The van der Waals surface area contributed by atoms with Crippen LogP contribution in [0.1, 0.15) is 34.1 Å². The van der Waals surface area contributed by atoms with E-state index in [4.69, 9.17) is 17.3 Å². The van der Waals surface area contributed by atoms with Gasteiger partial charge in [0.15, 0.2) is 0 Å². The predicted octanol–water partition coefficient (Wildman–Crippen LogP) is 2.62. The number of rotatable bonds is 2. The first-order chi connectivity index (χ1) is 4.81.